The van der Waals surface area contributed by atoms with Gasteiger partial charge in [-0.15, -0.1) is 0 Å². The number of pyridine rings is 1. The maximum Gasteiger partial charge on any atom is 0.214 e. The van der Waals surface area contributed by atoms with E-state index in [9.17, 15) is 0 Å². The van der Waals surface area contributed by atoms with Crippen LogP contribution in [0, 0.1) is 5.92 Å². The topological polar surface area (TPSA) is 54.4 Å². The van der Waals surface area contributed by atoms with Gasteiger partial charge in [0.2, 0.25) is 5.88 Å². The fraction of sp³-hybridized carbons (Fsp3) is 0.583. The molecule has 0 aromatic carbocycles. The summed E-state index contributed by atoms with van der Waals surface area (Å²) < 4.78 is 5.06. The van der Waals surface area contributed by atoms with Crippen LogP contribution in [0.1, 0.15) is 20.3 Å². The average molecular weight is 224 g/mol. The number of aliphatic hydroxyl groups is 1. The molecule has 0 aliphatic heterocycles. The lowest BCUT2D eigenvalue weighted by Crippen LogP contribution is -2.27. The molecule has 0 bridgehead atoms. The first kappa shape index (κ1) is 12.8. The van der Waals surface area contributed by atoms with Crippen LogP contribution in [0.2, 0.25) is 0 Å². The van der Waals surface area contributed by atoms with E-state index in [0.717, 1.165) is 12.2 Å². The molecule has 0 radical (unpaired) electrons. The third-order valence-corrected chi connectivity index (χ3v) is 2.51. The van der Waals surface area contributed by atoms with Crippen molar-refractivity contribution in [3.8, 4) is 5.88 Å². The smallest absolute Gasteiger partial charge is 0.214 e. The Labute approximate surface area is 96.7 Å². The van der Waals surface area contributed by atoms with Gasteiger partial charge in [-0.2, -0.15) is 4.98 Å². The summed E-state index contributed by atoms with van der Waals surface area (Å²) in [6.07, 6.45) is 0.719. The largest absolute Gasteiger partial charge is 0.481 e. The Bertz CT molecular complexity index is 316. The third kappa shape index (κ3) is 3.70. The molecule has 90 valence electrons. The zero-order chi connectivity index (χ0) is 12.0. The fourth-order valence-electron chi connectivity index (χ4n) is 1.51. The first-order valence-corrected chi connectivity index (χ1v) is 5.55. The molecule has 4 heteroatoms. The zero-order valence-corrected chi connectivity index (χ0v) is 10.1. The zero-order valence-electron chi connectivity index (χ0n) is 10.1. The molecule has 1 atom stereocenters. The lowest BCUT2D eigenvalue weighted by atomic mass is 10.0. The Kier molecular flexibility index (Phi) is 5.05. The van der Waals surface area contributed by atoms with Crippen molar-refractivity contribution in [1.82, 2.24) is 4.98 Å². The highest BCUT2D eigenvalue weighted by Crippen LogP contribution is 2.15. The minimum atomic E-state index is 0.180. The minimum absolute atomic E-state index is 0.180. The molecule has 1 aromatic heterocycles. The second-order valence-corrected chi connectivity index (χ2v) is 4.07. The van der Waals surface area contributed by atoms with Gasteiger partial charge >= 0.3 is 0 Å². The van der Waals surface area contributed by atoms with Crippen LogP contribution in [0.5, 0.6) is 5.88 Å². The van der Waals surface area contributed by atoms with E-state index in [-0.39, 0.29) is 12.6 Å². The van der Waals surface area contributed by atoms with Crippen molar-refractivity contribution in [3.63, 3.8) is 0 Å². The number of hydrogen-bond acceptors (Lipinski definition) is 4. The summed E-state index contributed by atoms with van der Waals surface area (Å²) >= 11 is 0. The summed E-state index contributed by atoms with van der Waals surface area (Å²) in [7, 11) is 1.60. The molecule has 1 rings (SSSR count). The second kappa shape index (κ2) is 6.33. The van der Waals surface area contributed by atoms with Gasteiger partial charge in [0.25, 0.3) is 0 Å². The van der Waals surface area contributed by atoms with Crippen molar-refractivity contribution < 1.29 is 9.84 Å². The third-order valence-electron chi connectivity index (χ3n) is 2.51. The molecule has 0 fully saturated rings. The lowest BCUT2D eigenvalue weighted by Gasteiger charge is -2.22. The number of methoxy groups -OCH3 is 1. The van der Waals surface area contributed by atoms with Gasteiger partial charge < -0.3 is 15.2 Å². The normalized spacial score (nSPS) is 12.6. The van der Waals surface area contributed by atoms with Crippen LogP contribution in [-0.2, 0) is 0 Å². The van der Waals surface area contributed by atoms with E-state index in [1.165, 1.54) is 0 Å². The van der Waals surface area contributed by atoms with Crippen molar-refractivity contribution in [2.24, 2.45) is 5.92 Å². The standard InChI is InChI=1S/C12H20N2O2/c1-9(2)10(7-8-15)13-11-5-4-6-12(14-11)16-3/h4-6,9-10,15H,7-8H2,1-3H3,(H,13,14). The number of ether oxygens (including phenoxy) is 1. The molecule has 2 N–H and O–H groups in total. The van der Waals surface area contributed by atoms with Crippen molar-refractivity contribution >= 4 is 5.82 Å². The quantitative estimate of drug-likeness (QED) is 0.775. The Balaban J connectivity index is 2.68. The van der Waals surface area contributed by atoms with E-state index < -0.39 is 0 Å². The summed E-state index contributed by atoms with van der Waals surface area (Å²) in [6, 6.07) is 5.83. The predicted octanol–water partition coefficient (Wildman–Crippen LogP) is 1.91. The van der Waals surface area contributed by atoms with Crippen LogP contribution in [0.25, 0.3) is 0 Å². The first-order chi connectivity index (χ1) is 7.67. The molecule has 0 saturated heterocycles. The van der Waals surface area contributed by atoms with Gasteiger partial charge in [-0.3, -0.25) is 0 Å². The van der Waals surface area contributed by atoms with Gasteiger partial charge in [0.1, 0.15) is 5.82 Å². The average Bonchev–Trinajstić information content (AvgIpc) is 2.28. The number of rotatable bonds is 6. The van der Waals surface area contributed by atoms with Crippen LogP contribution < -0.4 is 10.1 Å². The van der Waals surface area contributed by atoms with Gasteiger partial charge in [0.15, 0.2) is 0 Å². The molecule has 0 aliphatic carbocycles. The molecule has 0 amide bonds. The Morgan fingerprint density at radius 2 is 2.19 bits per heavy atom. The first-order valence-electron chi connectivity index (χ1n) is 5.55. The Morgan fingerprint density at radius 1 is 1.44 bits per heavy atom. The van der Waals surface area contributed by atoms with Crippen LogP contribution >= 0.6 is 0 Å². The number of nitrogens with zero attached hydrogens (tertiary/aromatic N) is 1. The van der Waals surface area contributed by atoms with Crippen LogP contribution in [0.4, 0.5) is 5.82 Å². The monoisotopic (exact) mass is 224 g/mol. The number of aromatic nitrogens is 1. The minimum Gasteiger partial charge on any atom is -0.481 e. The van der Waals surface area contributed by atoms with Crippen molar-refractivity contribution in [2.75, 3.05) is 19.0 Å². The summed E-state index contributed by atoms with van der Waals surface area (Å²) in [4.78, 5) is 4.28. The number of nitrogens with one attached hydrogen (secondary N) is 1. The molecule has 0 aliphatic rings. The van der Waals surface area contributed by atoms with Gasteiger partial charge in [-0.05, 0) is 18.4 Å². The maximum absolute atomic E-state index is 8.98. The van der Waals surface area contributed by atoms with E-state index in [2.05, 4.69) is 24.1 Å². The highest BCUT2D eigenvalue weighted by molar-refractivity contribution is 5.38. The molecule has 1 heterocycles. The SMILES string of the molecule is COc1cccc(NC(CCO)C(C)C)n1. The lowest BCUT2D eigenvalue weighted by molar-refractivity contribution is 0.267. The summed E-state index contributed by atoms with van der Waals surface area (Å²) in [5.41, 5.74) is 0. The second-order valence-electron chi connectivity index (χ2n) is 4.07. The number of aliphatic hydroxyl groups excluding tert-OH is 1. The van der Waals surface area contributed by atoms with Crippen LogP contribution in [0.3, 0.4) is 0 Å². The molecule has 16 heavy (non-hydrogen) atoms. The summed E-state index contributed by atoms with van der Waals surface area (Å²) in [5, 5.41) is 12.3. The predicted molar refractivity (Wildman–Crippen MR) is 64.7 cm³/mol. The number of hydrogen-bond donors (Lipinski definition) is 2. The van der Waals surface area contributed by atoms with Crippen molar-refractivity contribution in [3.05, 3.63) is 18.2 Å². The summed E-state index contributed by atoms with van der Waals surface area (Å²) in [6.45, 7) is 4.42. The Morgan fingerprint density at radius 3 is 2.75 bits per heavy atom. The highest BCUT2D eigenvalue weighted by Gasteiger charge is 2.13. The van der Waals surface area contributed by atoms with Gasteiger partial charge in [-0.1, -0.05) is 19.9 Å². The highest BCUT2D eigenvalue weighted by atomic mass is 16.5. The van der Waals surface area contributed by atoms with Crippen LogP contribution in [-0.4, -0.2) is 29.8 Å². The van der Waals surface area contributed by atoms with Crippen molar-refractivity contribution in [1.29, 1.82) is 0 Å². The van der Waals surface area contributed by atoms with E-state index in [1.54, 1.807) is 7.11 Å². The Hall–Kier alpha value is -1.29. The maximum atomic E-state index is 8.98. The van der Waals surface area contributed by atoms with E-state index in [0.29, 0.717) is 11.8 Å². The fourth-order valence-corrected chi connectivity index (χ4v) is 1.51. The molecular weight excluding hydrogens is 204 g/mol. The molecule has 4 nitrogen and oxygen atoms in total. The van der Waals surface area contributed by atoms with Gasteiger partial charge in [-0.25, -0.2) is 0 Å². The van der Waals surface area contributed by atoms with Crippen molar-refractivity contribution in [2.45, 2.75) is 26.3 Å². The molecular formula is C12H20N2O2. The number of anilines is 1. The van der Waals surface area contributed by atoms with E-state index in [1.807, 2.05) is 18.2 Å². The van der Waals surface area contributed by atoms with Gasteiger partial charge in [0, 0.05) is 18.7 Å². The summed E-state index contributed by atoms with van der Waals surface area (Å²) in [5.74, 6) is 1.82. The van der Waals surface area contributed by atoms with E-state index >= 15 is 0 Å². The molecule has 0 spiro atoms. The molecule has 1 aromatic rings. The molecule has 0 saturated carbocycles. The van der Waals surface area contributed by atoms with E-state index in [4.69, 9.17) is 9.84 Å². The molecule has 1 unspecified atom stereocenters. The van der Waals surface area contributed by atoms with Crippen LogP contribution in [0.15, 0.2) is 18.2 Å². The van der Waals surface area contributed by atoms with Gasteiger partial charge in [0.05, 0.1) is 7.11 Å².